The first-order valence-corrected chi connectivity index (χ1v) is 6.94. The summed E-state index contributed by atoms with van der Waals surface area (Å²) in [6.45, 7) is 4.71. The van der Waals surface area contributed by atoms with Crippen molar-refractivity contribution in [1.29, 1.82) is 0 Å². The van der Waals surface area contributed by atoms with E-state index in [0.29, 0.717) is 24.7 Å². The van der Waals surface area contributed by atoms with Crippen LogP contribution in [-0.2, 0) is 4.79 Å². The molecule has 5 heteroatoms. The molecule has 1 aromatic heterocycles. The van der Waals surface area contributed by atoms with Crippen LogP contribution in [0.15, 0.2) is 16.7 Å². The maximum atomic E-state index is 11.8. The van der Waals surface area contributed by atoms with E-state index in [1.807, 2.05) is 13.0 Å². The second-order valence-corrected chi connectivity index (χ2v) is 5.50. The number of anilines is 1. The minimum Gasteiger partial charge on any atom is -0.330 e. The number of hydrogen-bond acceptors (Lipinski definition) is 3. The Morgan fingerprint density at radius 3 is 2.89 bits per heavy atom. The fraction of sp³-hybridized carbons (Fsp3) is 0.538. The van der Waals surface area contributed by atoms with E-state index in [1.54, 1.807) is 6.20 Å². The number of carbonyl (C=O) groups is 1. The van der Waals surface area contributed by atoms with Crippen LogP contribution in [-0.4, -0.2) is 17.4 Å². The molecule has 3 N–H and O–H groups in total. The molecule has 1 aromatic rings. The third-order valence-corrected chi connectivity index (χ3v) is 3.26. The third kappa shape index (κ3) is 5.14. The molecular formula is C13H20BrN3O. The van der Waals surface area contributed by atoms with Gasteiger partial charge in [0.05, 0.1) is 0 Å². The summed E-state index contributed by atoms with van der Waals surface area (Å²) in [4.78, 5) is 15.9. The van der Waals surface area contributed by atoms with Crippen LogP contribution in [0.25, 0.3) is 0 Å². The molecule has 1 heterocycles. The molecule has 100 valence electrons. The smallest absolute Gasteiger partial charge is 0.225 e. The lowest BCUT2D eigenvalue weighted by Crippen LogP contribution is -2.15. The van der Waals surface area contributed by atoms with Crippen LogP contribution in [0.5, 0.6) is 0 Å². The molecule has 0 aliphatic carbocycles. The second kappa shape index (κ2) is 7.48. The number of nitrogens with one attached hydrogen (secondary N) is 1. The summed E-state index contributed by atoms with van der Waals surface area (Å²) in [5.74, 6) is 1.13. The van der Waals surface area contributed by atoms with Gasteiger partial charge in [0.1, 0.15) is 5.82 Å². The van der Waals surface area contributed by atoms with Gasteiger partial charge in [-0.2, -0.15) is 0 Å². The molecule has 4 nitrogen and oxygen atoms in total. The second-order valence-electron chi connectivity index (χ2n) is 4.59. The summed E-state index contributed by atoms with van der Waals surface area (Å²) in [5, 5.41) is 2.83. The van der Waals surface area contributed by atoms with Gasteiger partial charge in [-0.15, -0.1) is 0 Å². The van der Waals surface area contributed by atoms with E-state index in [2.05, 4.69) is 33.2 Å². The summed E-state index contributed by atoms with van der Waals surface area (Å²) in [6, 6.07) is 1.93. The van der Waals surface area contributed by atoms with Gasteiger partial charge < -0.3 is 11.1 Å². The summed E-state index contributed by atoms with van der Waals surface area (Å²) in [5.41, 5.74) is 6.43. The maximum absolute atomic E-state index is 11.8. The lowest BCUT2D eigenvalue weighted by Gasteiger charge is -2.10. The Labute approximate surface area is 116 Å². The first kappa shape index (κ1) is 15.1. The standard InChI is InChI=1S/C13H20BrN3O/c1-9(5-6-15)3-4-12(18)17-13-10(2)7-11(14)8-16-13/h7-9H,3-6,15H2,1-2H3,(H,16,17,18). The Morgan fingerprint density at radius 1 is 1.56 bits per heavy atom. The van der Waals surface area contributed by atoms with Crippen molar-refractivity contribution in [2.24, 2.45) is 11.7 Å². The normalized spacial score (nSPS) is 12.2. The van der Waals surface area contributed by atoms with Crippen molar-refractivity contribution in [3.63, 3.8) is 0 Å². The lowest BCUT2D eigenvalue weighted by molar-refractivity contribution is -0.116. The Kier molecular flexibility index (Phi) is 6.29. The zero-order valence-corrected chi connectivity index (χ0v) is 12.5. The fourth-order valence-electron chi connectivity index (χ4n) is 1.67. The number of aromatic nitrogens is 1. The number of hydrogen-bond donors (Lipinski definition) is 2. The molecule has 0 bridgehead atoms. The Hall–Kier alpha value is -0.940. The van der Waals surface area contributed by atoms with E-state index < -0.39 is 0 Å². The van der Waals surface area contributed by atoms with Crippen LogP contribution in [0.1, 0.15) is 31.7 Å². The Bertz CT molecular complexity index is 409. The fourth-order valence-corrected chi connectivity index (χ4v) is 2.12. The topological polar surface area (TPSA) is 68.0 Å². The van der Waals surface area contributed by atoms with Crippen LogP contribution >= 0.6 is 15.9 Å². The van der Waals surface area contributed by atoms with Gasteiger partial charge in [-0.3, -0.25) is 4.79 Å². The van der Waals surface area contributed by atoms with Gasteiger partial charge >= 0.3 is 0 Å². The monoisotopic (exact) mass is 313 g/mol. The highest BCUT2D eigenvalue weighted by Crippen LogP contribution is 2.17. The average molecular weight is 314 g/mol. The van der Waals surface area contributed by atoms with Gasteiger partial charge in [-0.05, 0) is 59.8 Å². The molecule has 0 aromatic carbocycles. The molecule has 1 rings (SSSR count). The summed E-state index contributed by atoms with van der Waals surface area (Å²) < 4.78 is 0.912. The van der Waals surface area contributed by atoms with Crippen LogP contribution < -0.4 is 11.1 Å². The van der Waals surface area contributed by atoms with Crippen LogP contribution in [0.3, 0.4) is 0 Å². The number of halogens is 1. The highest BCUT2D eigenvalue weighted by Gasteiger charge is 2.08. The minimum absolute atomic E-state index is 0.0109. The summed E-state index contributed by atoms with van der Waals surface area (Å²) in [7, 11) is 0. The van der Waals surface area contributed by atoms with Crippen LogP contribution in [0, 0.1) is 12.8 Å². The lowest BCUT2D eigenvalue weighted by atomic mass is 10.0. The Balaban J connectivity index is 2.44. The molecule has 1 amide bonds. The number of nitrogens with zero attached hydrogens (tertiary/aromatic N) is 1. The van der Waals surface area contributed by atoms with Crippen molar-refractivity contribution in [3.05, 3.63) is 22.3 Å². The van der Waals surface area contributed by atoms with E-state index in [-0.39, 0.29) is 5.91 Å². The molecule has 0 saturated heterocycles. The van der Waals surface area contributed by atoms with E-state index in [1.165, 1.54) is 0 Å². The number of aryl methyl sites for hydroxylation is 1. The van der Waals surface area contributed by atoms with E-state index in [9.17, 15) is 4.79 Å². The maximum Gasteiger partial charge on any atom is 0.225 e. The van der Waals surface area contributed by atoms with Gasteiger partial charge in [-0.25, -0.2) is 4.98 Å². The highest BCUT2D eigenvalue weighted by molar-refractivity contribution is 9.10. The molecule has 0 radical (unpaired) electrons. The molecule has 1 atom stereocenters. The third-order valence-electron chi connectivity index (χ3n) is 2.83. The SMILES string of the molecule is Cc1cc(Br)cnc1NC(=O)CCC(C)CCN. The number of amides is 1. The highest BCUT2D eigenvalue weighted by atomic mass is 79.9. The first-order valence-electron chi connectivity index (χ1n) is 6.15. The van der Waals surface area contributed by atoms with E-state index in [4.69, 9.17) is 5.73 Å². The summed E-state index contributed by atoms with van der Waals surface area (Å²) >= 11 is 3.34. The van der Waals surface area contributed by atoms with E-state index in [0.717, 1.165) is 22.9 Å². The zero-order chi connectivity index (χ0) is 13.5. The van der Waals surface area contributed by atoms with Gasteiger partial charge in [0.2, 0.25) is 5.91 Å². The number of nitrogens with two attached hydrogens (primary N) is 1. The van der Waals surface area contributed by atoms with E-state index >= 15 is 0 Å². The molecule has 18 heavy (non-hydrogen) atoms. The molecular weight excluding hydrogens is 294 g/mol. The largest absolute Gasteiger partial charge is 0.330 e. The number of rotatable bonds is 6. The average Bonchev–Trinajstić information content (AvgIpc) is 2.31. The van der Waals surface area contributed by atoms with Gasteiger partial charge in [0, 0.05) is 17.1 Å². The molecule has 0 aliphatic heterocycles. The molecule has 0 aliphatic rings. The molecule has 1 unspecified atom stereocenters. The van der Waals surface area contributed by atoms with Gasteiger partial charge in [0.15, 0.2) is 0 Å². The zero-order valence-electron chi connectivity index (χ0n) is 10.9. The van der Waals surface area contributed by atoms with Gasteiger partial charge in [0.25, 0.3) is 0 Å². The van der Waals surface area contributed by atoms with Crippen molar-refractivity contribution in [1.82, 2.24) is 4.98 Å². The molecule has 0 saturated carbocycles. The van der Waals surface area contributed by atoms with Crippen LogP contribution in [0.4, 0.5) is 5.82 Å². The minimum atomic E-state index is 0.0109. The molecule has 0 fully saturated rings. The van der Waals surface area contributed by atoms with Crippen molar-refractivity contribution in [2.75, 3.05) is 11.9 Å². The summed E-state index contributed by atoms with van der Waals surface area (Å²) in [6.07, 6.45) is 4.01. The van der Waals surface area contributed by atoms with Gasteiger partial charge in [-0.1, -0.05) is 6.92 Å². The predicted octanol–water partition coefficient (Wildman–Crippen LogP) is 2.86. The Morgan fingerprint density at radius 2 is 2.28 bits per heavy atom. The molecule has 0 spiro atoms. The number of pyridine rings is 1. The van der Waals surface area contributed by atoms with Crippen molar-refractivity contribution in [2.45, 2.75) is 33.1 Å². The number of carbonyl (C=O) groups excluding carboxylic acids is 1. The van der Waals surface area contributed by atoms with Crippen molar-refractivity contribution < 1.29 is 4.79 Å². The van der Waals surface area contributed by atoms with Crippen LogP contribution in [0.2, 0.25) is 0 Å². The van der Waals surface area contributed by atoms with Crippen molar-refractivity contribution >= 4 is 27.7 Å². The first-order chi connectivity index (χ1) is 8.52. The quantitative estimate of drug-likeness (QED) is 0.848. The predicted molar refractivity (Wildman–Crippen MR) is 77.4 cm³/mol. The van der Waals surface area contributed by atoms with Crippen molar-refractivity contribution in [3.8, 4) is 0 Å².